The summed E-state index contributed by atoms with van der Waals surface area (Å²) in [6, 6.07) is 64.9. The zero-order valence-electron chi connectivity index (χ0n) is 34.1. The van der Waals surface area contributed by atoms with Crippen LogP contribution in [0.5, 0.6) is 0 Å². The lowest BCUT2D eigenvalue weighted by molar-refractivity contribution is 0.655. The van der Waals surface area contributed by atoms with Crippen LogP contribution in [0, 0.1) is 0 Å². The zero-order chi connectivity index (χ0) is 42.1. The number of pyridine rings is 3. The van der Waals surface area contributed by atoms with Gasteiger partial charge in [-0.3, -0.25) is 4.98 Å². The van der Waals surface area contributed by atoms with Gasteiger partial charge in [0.2, 0.25) is 11.4 Å². The Labute approximate surface area is 366 Å². The molecule has 13 aromatic rings. The predicted octanol–water partition coefficient (Wildman–Crippen LogP) is 14.8. The summed E-state index contributed by atoms with van der Waals surface area (Å²) in [4.78, 5) is 24.5. The van der Waals surface area contributed by atoms with Crippen molar-refractivity contribution in [2.45, 2.75) is 0 Å². The quantitative estimate of drug-likeness (QED) is 0.165. The molecule has 0 saturated heterocycles. The van der Waals surface area contributed by atoms with Gasteiger partial charge in [0, 0.05) is 61.4 Å². The highest BCUT2D eigenvalue weighted by atomic mass is 16.3. The van der Waals surface area contributed by atoms with E-state index in [9.17, 15) is 0 Å². The molecule has 0 aliphatic heterocycles. The first kappa shape index (κ1) is 35.9. The van der Waals surface area contributed by atoms with E-state index < -0.39 is 0 Å². The maximum Gasteiger partial charge on any atom is 0.227 e. The second kappa shape index (κ2) is 14.4. The average molecular weight is 820 g/mol. The molecule has 7 nitrogen and oxygen atoms in total. The maximum absolute atomic E-state index is 6.33. The van der Waals surface area contributed by atoms with E-state index in [-0.39, 0.29) is 0 Å². The van der Waals surface area contributed by atoms with Gasteiger partial charge in [0.1, 0.15) is 11.2 Å². The van der Waals surface area contributed by atoms with E-state index in [0.717, 1.165) is 116 Å². The topological polar surface area (TPSA) is 90.7 Å². The lowest BCUT2D eigenvalue weighted by atomic mass is 9.93. The van der Waals surface area contributed by atoms with E-state index >= 15 is 0 Å². The van der Waals surface area contributed by atoms with Crippen LogP contribution in [0.25, 0.3) is 133 Å². The van der Waals surface area contributed by atoms with E-state index in [2.05, 4.69) is 132 Å². The Hall–Kier alpha value is -8.81. The molecular weight excluding hydrogens is 787 g/mol. The van der Waals surface area contributed by atoms with Crippen LogP contribution in [-0.4, -0.2) is 24.9 Å². The fourth-order valence-corrected chi connectivity index (χ4v) is 8.90. The molecule has 0 radical (unpaired) electrons. The van der Waals surface area contributed by atoms with Crippen LogP contribution in [0.2, 0.25) is 0 Å². The molecule has 7 heteroatoms. The van der Waals surface area contributed by atoms with Crippen molar-refractivity contribution in [3.8, 4) is 67.3 Å². The van der Waals surface area contributed by atoms with Gasteiger partial charge < -0.3 is 8.83 Å². The van der Waals surface area contributed by atoms with Crippen molar-refractivity contribution < 1.29 is 8.83 Å². The summed E-state index contributed by atoms with van der Waals surface area (Å²) >= 11 is 0. The van der Waals surface area contributed by atoms with Crippen molar-refractivity contribution in [1.82, 2.24) is 24.9 Å². The molecule has 0 amide bonds. The number of furan rings is 2. The molecule has 0 N–H and O–H groups in total. The molecule has 0 bridgehead atoms. The van der Waals surface area contributed by atoms with Crippen molar-refractivity contribution in [3.63, 3.8) is 0 Å². The first-order valence-electron chi connectivity index (χ1n) is 21.2. The number of nitrogens with zero attached hydrogens (tertiary/aromatic N) is 5. The highest BCUT2D eigenvalue weighted by Crippen LogP contribution is 2.40. The number of para-hydroxylation sites is 2. The minimum Gasteiger partial charge on any atom is -0.438 e. The third kappa shape index (κ3) is 6.17. The molecule has 298 valence electrons. The Morgan fingerprint density at radius 2 is 0.828 bits per heavy atom. The van der Waals surface area contributed by atoms with Gasteiger partial charge in [-0.2, -0.15) is 0 Å². The lowest BCUT2D eigenvalue weighted by Gasteiger charge is -2.14. The van der Waals surface area contributed by atoms with Gasteiger partial charge in [0.25, 0.3) is 0 Å². The molecular formula is C57H33N5O2. The predicted molar refractivity (Wildman–Crippen MR) is 258 cm³/mol. The SMILES string of the molecule is c1ccc(-c2nc(-c3ccc(-c4cccnc4)cc3)cc(-c3cc(-c4ccc5oc6nc7ccccc7cc6c5c4)cc(-c4ccc5oc6nc7ccccc7cc6c5c4)c3)n2)cc1. The van der Waals surface area contributed by atoms with Crippen LogP contribution in [0.3, 0.4) is 0 Å². The Kier molecular flexibility index (Phi) is 8.08. The molecule has 6 heterocycles. The number of hydrogen-bond donors (Lipinski definition) is 0. The van der Waals surface area contributed by atoms with Crippen LogP contribution in [-0.2, 0) is 0 Å². The second-order valence-electron chi connectivity index (χ2n) is 16.1. The molecule has 0 aliphatic rings. The summed E-state index contributed by atoms with van der Waals surface area (Å²) in [6.07, 6.45) is 3.67. The number of benzene rings is 7. The molecule has 64 heavy (non-hydrogen) atoms. The Morgan fingerprint density at radius 3 is 1.42 bits per heavy atom. The van der Waals surface area contributed by atoms with E-state index in [1.54, 1.807) is 6.20 Å². The van der Waals surface area contributed by atoms with Gasteiger partial charge >= 0.3 is 0 Å². The smallest absolute Gasteiger partial charge is 0.227 e. The molecule has 7 aromatic carbocycles. The highest BCUT2D eigenvalue weighted by Gasteiger charge is 2.18. The standard InChI is InChI=1S/C57H33N5O2/c1-2-9-36(10-3-1)55-59-51(35-18-16-34(17-19-35)41-13-8-24-58-33-41)32-52(60-55)44-26-42(37-20-22-53-45(28-37)47-30-39-11-4-6-14-49(39)61-56(47)63-53)25-43(27-44)38-21-23-54-46(29-38)48-31-40-12-5-7-15-50(40)62-57(48)64-54/h1-33H. The maximum atomic E-state index is 6.33. The van der Waals surface area contributed by atoms with Gasteiger partial charge in [-0.1, -0.05) is 109 Å². The minimum atomic E-state index is 0.624. The van der Waals surface area contributed by atoms with Crippen LogP contribution < -0.4 is 0 Å². The van der Waals surface area contributed by atoms with Crippen molar-refractivity contribution in [1.29, 1.82) is 0 Å². The highest BCUT2D eigenvalue weighted by molar-refractivity contribution is 6.10. The number of rotatable bonds is 6. The summed E-state index contributed by atoms with van der Waals surface area (Å²) in [5, 5.41) is 6.11. The Balaban J connectivity index is 1.01. The summed E-state index contributed by atoms with van der Waals surface area (Å²) in [5.74, 6) is 0.647. The molecule has 6 aromatic heterocycles. The minimum absolute atomic E-state index is 0.624. The van der Waals surface area contributed by atoms with Crippen molar-refractivity contribution in [3.05, 3.63) is 200 Å². The first-order chi connectivity index (χ1) is 31.6. The van der Waals surface area contributed by atoms with Crippen LogP contribution in [0.4, 0.5) is 0 Å². The summed E-state index contributed by atoms with van der Waals surface area (Å²) < 4.78 is 12.7. The van der Waals surface area contributed by atoms with Gasteiger partial charge in [-0.15, -0.1) is 0 Å². The van der Waals surface area contributed by atoms with Crippen molar-refractivity contribution in [2.75, 3.05) is 0 Å². The fraction of sp³-hybridized carbons (Fsp3) is 0. The van der Waals surface area contributed by atoms with Crippen molar-refractivity contribution >= 4 is 65.9 Å². The van der Waals surface area contributed by atoms with Gasteiger partial charge in [0.05, 0.1) is 22.4 Å². The van der Waals surface area contributed by atoms with Gasteiger partial charge in [-0.05, 0) is 112 Å². The third-order valence-electron chi connectivity index (χ3n) is 12.2. The van der Waals surface area contributed by atoms with E-state index in [1.807, 2.05) is 66.9 Å². The van der Waals surface area contributed by atoms with E-state index in [0.29, 0.717) is 17.3 Å². The second-order valence-corrected chi connectivity index (χ2v) is 16.1. The zero-order valence-corrected chi connectivity index (χ0v) is 34.1. The Morgan fingerprint density at radius 1 is 0.312 bits per heavy atom. The Bertz CT molecular complexity index is 3780. The van der Waals surface area contributed by atoms with Crippen LogP contribution in [0.1, 0.15) is 0 Å². The molecule has 0 aliphatic carbocycles. The molecule has 13 rings (SSSR count). The largest absolute Gasteiger partial charge is 0.438 e. The van der Waals surface area contributed by atoms with E-state index in [4.69, 9.17) is 28.8 Å². The average Bonchev–Trinajstić information content (AvgIpc) is 3.91. The number of aromatic nitrogens is 5. The monoisotopic (exact) mass is 819 g/mol. The number of fused-ring (bicyclic) bond motifs is 8. The third-order valence-corrected chi connectivity index (χ3v) is 12.2. The molecule has 0 fully saturated rings. The molecule has 0 atom stereocenters. The normalized spacial score (nSPS) is 11.8. The summed E-state index contributed by atoms with van der Waals surface area (Å²) in [5.41, 5.74) is 15.4. The van der Waals surface area contributed by atoms with E-state index in [1.165, 1.54) is 0 Å². The fourth-order valence-electron chi connectivity index (χ4n) is 8.90. The van der Waals surface area contributed by atoms with Crippen molar-refractivity contribution in [2.24, 2.45) is 0 Å². The molecule has 0 unspecified atom stereocenters. The molecule has 0 spiro atoms. The van der Waals surface area contributed by atoms with Crippen LogP contribution >= 0.6 is 0 Å². The molecule has 0 saturated carbocycles. The first-order valence-corrected chi connectivity index (χ1v) is 21.2. The lowest BCUT2D eigenvalue weighted by Crippen LogP contribution is -1.96. The van der Waals surface area contributed by atoms with Gasteiger partial charge in [0.15, 0.2) is 5.82 Å². The van der Waals surface area contributed by atoms with Gasteiger partial charge in [-0.25, -0.2) is 19.9 Å². The summed E-state index contributed by atoms with van der Waals surface area (Å²) in [7, 11) is 0. The van der Waals surface area contributed by atoms with Crippen LogP contribution in [0.15, 0.2) is 209 Å². The number of hydrogen-bond acceptors (Lipinski definition) is 7. The summed E-state index contributed by atoms with van der Waals surface area (Å²) in [6.45, 7) is 0.